The van der Waals surface area contributed by atoms with Gasteiger partial charge >= 0.3 is 0 Å². The van der Waals surface area contributed by atoms with Crippen molar-refractivity contribution in [2.24, 2.45) is 7.05 Å². The van der Waals surface area contributed by atoms with Crippen LogP contribution in [0.3, 0.4) is 0 Å². The van der Waals surface area contributed by atoms with Crippen LogP contribution in [-0.2, 0) is 18.4 Å². The van der Waals surface area contributed by atoms with Crippen LogP contribution < -0.4 is 5.32 Å². The van der Waals surface area contributed by atoms with E-state index in [9.17, 15) is 0 Å². The van der Waals surface area contributed by atoms with E-state index in [1.807, 2.05) is 32.3 Å². The molecule has 6 nitrogen and oxygen atoms in total. The lowest BCUT2D eigenvalue weighted by Crippen LogP contribution is -2.08. The van der Waals surface area contributed by atoms with Gasteiger partial charge in [-0.3, -0.25) is 0 Å². The molecular weight excluding hydrogens is 268 g/mol. The van der Waals surface area contributed by atoms with E-state index in [4.69, 9.17) is 9.26 Å². The third kappa shape index (κ3) is 2.62. The van der Waals surface area contributed by atoms with Crippen LogP contribution in [0.25, 0.3) is 10.9 Å². The molecule has 2 aromatic heterocycles. The van der Waals surface area contributed by atoms with Crippen molar-refractivity contribution in [3.05, 3.63) is 42.2 Å². The molecule has 0 aliphatic carbocycles. The Bertz CT molecular complexity index is 747. The number of nitrogens with zero attached hydrogens (tertiary/aromatic N) is 3. The summed E-state index contributed by atoms with van der Waals surface area (Å²) in [7, 11) is 3.63. The van der Waals surface area contributed by atoms with Crippen LogP contribution in [0.4, 0.5) is 5.69 Å². The van der Waals surface area contributed by atoms with E-state index in [1.165, 1.54) is 5.39 Å². The molecule has 3 aromatic rings. The molecule has 3 rings (SSSR count). The minimum Gasteiger partial charge on any atom is -0.377 e. The predicted octanol–water partition coefficient (Wildman–Crippen LogP) is 2.88. The van der Waals surface area contributed by atoms with Gasteiger partial charge in [0.05, 0.1) is 11.2 Å². The SMILES string of the molecule is COCc1noc(C(C)Nc2cccc3ccn(C)c23)n1. The highest BCUT2D eigenvalue weighted by Crippen LogP contribution is 2.27. The Balaban J connectivity index is 1.85. The summed E-state index contributed by atoms with van der Waals surface area (Å²) in [5.41, 5.74) is 2.19. The summed E-state index contributed by atoms with van der Waals surface area (Å²) in [6.07, 6.45) is 2.05. The zero-order valence-electron chi connectivity index (χ0n) is 12.3. The van der Waals surface area contributed by atoms with Crippen LogP contribution in [-0.4, -0.2) is 21.8 Å². The van der Waals surface area contributed by atoms with E-state index in [0.717, 1.165) is 11.2 Å². The maximum absolute atomic E-state index is 5.26. The van der Waals surface area contributed by atoms with E-state index in [2.05, 4.69) is 32.2 Å². The average molecular weight is 286 g/mol. The maximum atomic E-state index is 5.26. The van der Waals surface area contributed by atoms with Crippen molar-refractivity contribution < 1.29 is 9.26 Å². The van der Waals surface area contributed by atoms with Gasteiger partial charge < -0.3 is 19.1 Å². The van der Waals surface area contributed by atoms with Gasteiger partial charge in [-0.15, -0.1) is 0 Å². The summed E-state index contributed by atoms with van der Waals surface area (Å²) in [4.78, 5) is 4.31. The van der Waals surface area contributed by atoms with Gasteiger partial charge in [0, 0.05) is 25.7 Å². The van der Waals surface area contributed by atoms with E-state index in [0.29, 0.717) is 18.3 Å². The molecule has 0 radical (unpaired) electrons. The van der Waals surface area contributed by atoms with Crippen LogP contribution in [0.1, 0.15) is 24.7 Å². The first-order valence-electron chi connectivity index (χ1n) is 6.81. The van der Waals surface area contributed by atoms with E-state index in [-0.39, 0.29) is 6.04 Å². The minimum absolute atomic E-state index is 0.0800. The fourth-order valence-corrected chi connectivity index (χ4v) is 2.40. The number of aromatic nitrogens is 3. The number of rotatable bonds is 5. The summed E-state index contributed by atoms with van der Waals surface area (Å²) >= 11 is 0. The third-order valence-electron chi connectivity index (χ3n) is 3.40. The fourth-order valence-electron chi connectivity index (χ4n) is 2.40. The van der Waals surface area contributed by atoms with E-state index < -0.39 is 0 Å². The Kier molecular flexibility index (Phi) is 3.62. The molecule has 0 bridgehead atoms. The zero-order valence-corrected chi connectivity index (χ0v) is 12.3. The lowest BCUT2D eigenvalue weighted by Gasteiger charge is -2.13. The average Bonchev–Trinajstić information content (AvgIpc) is 3.08. The molecule has 1 aromatic carbocycles. The highest BCUT2D eigenvalue weighted by atomic mass is 16.5. The van der Waals surface area contributed by atoms with Crippen LogP contribution in [0.5, 0.6) is 0 Å². The number of hydrogen-bond donors (Lipinski definition) is 1. The quantitative estimate of drug-likeness (QED) is 0.781. The molecule has 0 saturated carbocycles. The molecular formula is C15H18N4O2. The Labute approximate surface area is 122 Å². The molecule has 6 heteroatoms. The zero-order chi connectivity index (χ0) is 14.8. The van der Waals surface area contributed by atoms with Crippen LogP contribution in [0, 0.1) is 0 Å². The second-order valence-electron chi connectivity index (χ2n) is 5.02. The first-order valence-corrected chi connectivity index (χ1v) is 6.81. The molecule has 1 N–H and O–H groups in total. The number of methoxy groups -OCH3 is 1. The van der Waals surface area contributed by atoms with Crippen molar-refractivity contribution in [2.45, 2.75) is 19.6 Å². The van der Waals surface area contributed by atoms with Gasteiger partial charge in [-0.2, -0.15) is 4.98 Å². The van der Waals surface area contributed by atoms with Crippen molar-refractivity contribution in [3.8, 4) is 0 Å². The molecule has 2 heterocycles. The number of anilines is 1. The van der Waals surface area contributed by atoms with E-state index in [1.54, 1.807) is 7.11 Å². The number of para-hydroxylation sites is 1. The van der Waals surface area contributed by atoms with E-state index >= 15 is 0 Å². The van der Waals surface area contributed by atoms with Gasteiger partial charge in [-0.1, -0.05) is 17.3 Å². The monoisotopic (exact) mass is 286 g/mol. The molecule has 1 atom stereocenters. The predicted molar refractivity (Wildman–Crippen MR) is 80.0 cm³/mol. The largest absolute Gasteiger partial charge is 0.377 e. The second-order valence-corrected chi connectivity index (χ2v) is 5.02. The van der Waals surface area contributed by atoms with Gasteiger partial charge in [-0.25, -0.2) is 0 Å². The topological polar surface area (TPSA) is 65.1 Å². The lowest BCUT2D eigenvalue weighted by atomic mass is 10.2. The summed E-state index contributed by atoms with van der Waals surface area (Å²) in [6.45, 7) is 2.34. The Morgan fingerprint density at radius 2 is 2.24 bits per heavy atom. The second kappa shape index (κ2) is 5.57. The number of benzene rings is 1. The molecule has 0 amide bonds. The summed E-state index contributed by atoms with van der Waals surface area (Å²) < 4.78 is 12.3. The molecule has 0 spiro atoms. The van der Waals surface area contributed by atoms with Crippen molar-refractivity contribution in [3.63, 3.8) is 0 Å². The number of aryl methyl sites for hydroxylation is 1. The van der Waals surface area contributed by atoms with Gasteiger partial charge in [0.25, 0.3) is 0 Å². The molecule has 21 heavy (non-hydrogen) atoms. The van der Waals surface area contributed by atoms with Crippen molar-refractivity contribution in [2.75, 3.05) is 12.4 Å². The Morgan fingerprint density at radius 1 is 1.38 bits per heavy atom. The molecule has 1 unspecified atom stereocenters. The summed E-state index contributed by atoms with van der Waals surface area (Å²) in [5, 5.41) is 8.50. The minimum atomic E-state index is -0.0800. The number of nitrogens with one attached hydrogen (secondary N) is 1. The standard InChI is InChI=1S/C15H18N4O2/c1-10(15-17-13(9-20-3)18-21-15)16-12-6-4-5-11-7-8-19(2)14(11)12/h4-8,10,16H,9H2,1-3H3. The normalized spacial score (nSPS) is 12.7. The number of ether oxygens (including phenoxy) is 1. The van der Waals surface area contributed by atoms with Gasteiger partial charge in [0.2, 0.25) is 5.89 Å². The lowest BCUT2D eigenvalue weighted by molar-refractivity contribution is 0.174. The van der Waals surface area contributed by atoms with Crippen molar-refractivity contribution >= 4 is 16.6 Å². The first kappa shape index (κ1) is 13.6. The van der Waals surface area contributed by atoms with Crippen LogP contribution in [0.2, 0.25) is 0 Å². The van der Waals surface area contributed by atoms with Crippen molar-refractivity contribution in [1.29, 1.82) is 0 Å². The molecule has 0 fully saturated rings. The molecule has 110 valence electrons. The number of hydrogen-bond acceptors (Lipinski definition) is 5. The molecule has 0 saturated heterocycles. The molecule has 0 aliphatic rings. The third-order valence-corrected chi connectivity index (χ3v) is 3.40. The highest BCUT2D eigenvalue weighted by molar-refractivity contribution is 5.91. The van der Waals surface area contributed by atoms with Crippen LogP contribution in [0.15, 0.2) is 35.0 Å². The maximum Gasteiger partial charge on any atom is 0.248 e. The fraction of sp³-hybridized carbons (Fsp3) is 0.333. The van der Waals surface area contributed by atoms with Gasteiger partial charge in [-0.05, 0) is 19.1 Å². The Morgan fingerprint density at radius 3 is 3.05 bits per heavy atom. The summed E-state index contributed by atoms with van der Waals surface area (Å²) in [5.74, 6) is 1.10. The van der Waals surface area contributed by atoms with Crippen molar-refractivity contribution in [1.82, 2.24) is 14.7 Å². The Hall–Kier alpha value is -2.34. The number of fused-ring (bicyclic) bond motifs is 1. The molecule has 0 aliphatic heterocycles. The van der Waals surface area contributed by atoms with Gasteiger partial charge in [0.1, 0.15) is 12.6 Å². The smallest absolute Gasteiger partial charge is 0.248 e. The van der Waals surface area contributed by atoms with Gasteiger partial charge in [0.15, 0.2) is 5.82 Å². The highest BCUT2D eigenvalue weighted by Gasteiger charge is 2.15. The van der Waals surface area contributed by atoms with Crippen LogP contribution >= 0.6 is 0 Å². The first-order chi connectivity index (χ1) is 10.2. The summed E-state index contributed by atoms with van der Waals surface area (Å²) in [6, 6.07) is 8.18.